The monoisotopic (exact) mass is 302 g/mol. The van der Waals surface area contributed by atoms with Crippen LogP contribution in [0.25, 0.3) is 0 Å². The molecule has 2 bridgehead atoms. The number of aryl methyl sites for hydroxylation is 2. The largest absolute Gasteiger partial charge is 0.341 e. The van der Waals surface area contributed by atoms with Crippen molar-refractivity contribution in [1.29, 1.82) is 0 Å². The highest BCUT2D eigenvalue weighted by Crippen LogP contribution is 2.29. The Hall–Kier alpha value is -1.98. The first kappa shape index (κ1) is 14.9. The number of carbonyl (C=O) groups excluding carboxylic acids is 2. The maximum atomic E-state index is 12.9. The summed E-state index contributed by atoms with van der Waals surface area (Å²) in [5, 5.41) is 0. The van der Waals surface area contributed by atoms with Gasteiger partial charge in [-0.05, 0) is 38.7 Å². The fourth-order valence-electron chi connectivity index (χ4n) is 3.56. The third kappa shape index (κ3) is 2.82. The molecule has 0 spiro atoms. The van der Waals surface area contributed by atoms with Gasteiger partial charge in [0.2, 0.25) is 5.91 Å². The quantitative estimate of drug-likeness (QED) is 0.781. The molecular weight excluding hydrogens is 280 g/mol. The van der Waals surface area contributed by atoms with E-state index in [0.717, 1.165) is 31.6 Å². The Bertz CT molecular complexity index is 596. The van der Waals surface area contributed by atoms with Crippen molar-refractivity contribution >= 4 is 11.8 Å². The second-order valence-electron chi connectivity index (χ2n) is 6.42. The van der Waals surface area contributed by atoms with Crippen LogP contribution in [0.4, 0.5) is 0 Å². The zero-order valence-electron chi connectivity index (χ0n) is 13.4. The highest BCUT2D eigenvalue weighted by atomic mass is 16.2. The van der Waals surface area contributed by atoms with Gasteiger partial charge in [0, 0.05) is 38.3 Å². The molecule has 0 unspecified atom stereocenters. The predicted molar refractivity (Wildman–Crippen MR) is 81.3 cm³/mol. The van der Waals surface area contributed by atoms with Gasteiger partial charge in [-0.25, -0.2) is 9.97 Å². The third-order valence-electron chi connectivity index (χ3n) is 4.60. The molecule has 3 saturated heterocycles. The molecule has 4 heterocycles. The van der Waals surface area contributed by atoms with Gasteiger partial charge < -0.3 is 9.80 Å². The average Bonchev–Trinajstić information content (AvgIpc) is 2.77. The first-order valence-electron chi connectivity index (χ1n) is 7.83. The van der Waals surface area contributed by atoms with E-state index in [0.29, 0.717) is 24.0 Å². The van der Waals surface area contributed by atoms with Crippen LogP contribution in [0.5, 0.6) is 0 Å². The molecule has 0 aliphatic carbocycles. The lowest BCUT2D eigenvalue weighted by atomic mass is 9.94. The van der Waals surface area contributed by atoms with Crippen LogP contribution in [-0.2, 0) is 4.79 Å². The van der Waals surface area contributed by atoms with Gasteiger partial charge in [-0.2, -0.15) is 0 Å². The number of amides is 2. The van der Waals surface area contributed by atoms with Crippen molar-refractivity contribution in [2.45, 2.75) is 39.7 Å². The highest BCUT2D eigenvalue weighted by Gasteiger charge is 2.38. The average molecular weight is 302 g/mol. The molecule has 1 aromatic heterocycles. The van der Waals surface area contributed by atoms with Crippen molar-refractivity contribution in [1.82, 2.24) is 19.8 Å². The van der Waals surface area contributed by atoms with E-state index in [-0.39, 0.29) is 17.9 Å². The van der Waals surface area contributed by atoms with Gasteiger partial charge in [0.1, 0.15) is 11.5 Å². The van der Waals surface area contributed by atoms with E-state index >= 15 is 0 Å². The van der Waals surface area contributed by atoms with Gasteiger partial charge in [0.25, 0.3) is 5.91 Å². The zero-order valence-corrected chi connectivity index (χ0v) is 13.4. The molecular formula is C16H22N4O2. The van der Waals surface area contributed by atoms with Gasteiger partial charge >= 0.3 is 0 Å². The second-order valence-corrected chi connectivity index (χ2v) is 6.42. The van der Waals surface area contributed by atoms with Crippen LogP contribution >= 0.6 is 0 Å². The van der Waals surface area contributed by atoms with Gasteiger partial charge in [-0.15, -0.1) is 0 Å². The first-order valence-corrected chi connectivity index (χ1v) is 7.83. The molecule has 118 valence electrons. The summed E-state index contributed by atoms with van der Waals surface area (Å²) >= 11 is 0. The molecule has 6 heteroatoms. The van der Waals surface area contributed by atoms with Crippen LogP contribution in [0.2, 0.25) is 0 Å². The summed E-state index contributed by atoms with van der Waals surface area (Å²) in [5.41, 5.74) is 1.27. The Kier molecular flexibility index (Phi) is 3.85. The van der Waals surface area contributed by atoms with Crippen molar-refractivity contribution in [3.05, 3.63) is 23.3 Å². The molecule has 0 aromatic carbocycles. The normalized spacial score (nSPS) is 24.3. The smallest absolute Gasteiger partial charge is 0.272 e. The van der Waals surface area contributed by atoms with Gasteiger partial charge in [0.15, 0.2) is 0 Å². The predicted octanol–water partition coefficient (Wildman–Crippen LogP) is 1.18. The van der Waals surface area contributed by atoms with Gasteiger partial charge in [0.05, 0.1) is 0 Å². The maximum absolute atomic E-state index is 12.9. The van der Waals surface area contributed by atoms with E-state index in [2.05, 4.69) is 9.97 Å². The first-order chi connectivity index (χ1) is 10.4. The van der Waals surface area contributed by atoms with E-state index in [1.54, 1.807) is 19.9 Å². The topological polar surface area (TPSA) is 66.4 Å². The number of rotatable bonds is 1. The second kappa shape index (κ2) is 5.66. The minimum atomic E-state index is -0.0336. The van der Waals surface area contributed by atoms with Crippen LogP contribution in [0.3, 0.4) is 0 Å². The van der Waals surface area contributed by atoms with Gasteiger partial charge in [-0.1, -0.05) is 0 Å². The molecule has 2 atom stereocenters. The van der Waals surface area contributed by atoms with E-state index in [4.69, 9.17) is 0 Å². The maximum Gasteiger partial charge on any atom is 0.272 e. The molecule has 3 aliphatic heterocycles. The molecule has 1 aromatic rings. The fraction of sp³-hybridized carbons (Fsp3) is 0.625. The van der Waals surface area contributed by atoms with Crippen LogP contribution in [-0.4, -0.2) is 57.3 Å². The molecule has 3 fully saturated rings. The van der Waals surface area contributed by atoms with Gasteiger partial charge in [-0.3, -0.25) is 9.59 Å². The molecule has 2 amide bonds. The number of hydrogen-bond donors (Lipinski definition) is 0. The Labute approximate surface area is 130 Å². The van der Waals surface area contributed by atoms with Crippen molar-refractivity contribution in [3.8, 4) is 0 Å². The van der Waals surface area contributed by atoms with E-state index in [1.165, 1.54) is 0 Å². The molecule has 22 heavy (non-hydrogen) atoms. The summed E-state index contributed by atoms with van der Waals surface area (Å²) in [4.78, 5) is 36.9. The van der Waals surface area contributed by atoms with Crippen molar-refractivity contribution in [2.75, 3.05) is 19.6 Å². The Morgan fingerprint density at radius 2 is 1.91 bits per heavy atom. The molecule has 0 radical (unpaired) electrons. The van der Waals surface area contributed by atoms with Crippen LogP contribution < -0.4 is 0 Å². The van der Waals surface area contributed by atoms with E-state index in [1.807, 2.05) is 16.7 Å². The fourth-order valence-corrected chi connectivity index (χ4v) is 3.56. The number of aromatic nitrogens is 2. The lowest BCUT2D eigenvalue weighted by Crippen LogP contribution is -2.47. The van der Waals surface area contributed by atoms with Crippen LogP contribution in [0.1, 0.15) is 41.8 Å². The van der Waals surface area contributed by atoms with E-state index in [9.17, 15) is 9.59 Å². The number of nitrogens with zero attached hydrogens (tertiary/aromatic N) is 4. The Balaban J connectivity index is 1.85. The van der Waals surface area contributed by atoms with Crippen LogP contribution in [0.15, 0.2) is 6.07 Å². The summed E-state index contributed by atoms with van der Waals surface area (Å²) in [6.07, 6.45) is 2.04. The third-order valence-corrected chi connectivity index (χ3v) is 4.60. The molecule has 0 saturated carbocycles. The standard InChI is InChI=1S/C16H22N4O2/c1-10-6-15(18-11(2)17-10)16(22)20-8-13-4-5-14(20)9-19(7-13)12(3)21/h6,13-14H,4-5,7-9H2,1-3H3/t13-,14+/m1/s1. The van der Waals surface area contributed by atoms with Crippen LogP contribution in [0, 0.1) is 19.8 Å². The molecule has 6 nitrogen and oxygen atoms in total. The molecule has 4 rings (SSSR count). The number of piperidine rings is 1. The summed E-state index contributed by atoms with van der Waals surface area (Å²) < 4.78 is 0. The summed E-state index contributed by atoms with van der Waals surface area (Å²) in [7, 11) is 0. The Morgan fingerprint density at radius 3 is 2.59 bits per heavy atom. The van der Waals surface area contributed by atoms with E-state index < -0.39 is 0 Å². The highest BCUT2D eigenvalue weighted by molar-refractivity contribution is 5.92. The summed E-state index contributed by atoms with van der Waals surface area (Å²) in [6.45, 7) is 7.40. The number of hydrogen-bond acceptors (Lipinski definition) is 4. The number of fused-ring (bicyclic) bond motifs is 4. The SMILES string of the molecule is CC(=O)N1C[C@H]2CC[C@@H](C1)N(C(=O)c1cc(C)nc(C)n1)C2. The zero-order chi connectivity index (χ0) is 15.9. The lowest BCUT2D eigenvalue weighted by Gasteiger charge is -2.35. The minimum Gasteiger partial charge on any atom is -0.341 e. The van der Waals surface area contributed by atoms with Crippen molar-refractivity contribution < 1.29 is 9.59 Å². The lowest BCUT2D eigenvalue weighted by molar-refractivity contribution is -0.129. The summed E-state index contributed by atoms with van der Waals surface area (Å²) in [5.74, 6) is 1.05. The summed E-state index contributed by atoms with van der Waals surface area (Å²) in [6, 6.07) is 1.85. The molecule has 3 aliphatic rings. The minimum absolute atomic E-state index is 0.0336. The Morgan fingerprint density at radius 1 is 1.14 bits per heavy atom. The number of carbonyl (C=O) groups is 2. The van der Waals surface area contributed by atoms with Crippen molar-refractivity contribution in [3.63, 3.8) is 0 Å². The van der Waals surface area contributed by atoms with Crippen molar-refractivity contribution in [2.24, 2.45) is 5.92 Å². The molecule has 0 N–H and O–H groups in total.